The molecule has 0 spiro atoms. The van der Waals surface area contributed by atoms with E-state index in [-0.39, 0.29) is 5.56 Å². The van der Waals surface area contributed by atoms with Crippen LogP contribution in [0.25, 0.3) is 11.0 Å². The average Bonchev–Trinajstić information content (AvgIpc) is 2.81. The molecule has 2 saturated heterocycles. The minimum Gasteiger partial charge on any atom is -0.379 e. The molecule has 0 amide bonds. The van der Waals surface area contributed by atoms with Crippen LogP contribution >= 0.6 is 0 Å². The molecule has 112 valence electrons. The number of fused-ring (bicyclic) bond motifs is 1. The lowest BCUT2D eigenvalue weighted by Gasteiger charge is -2.46. The Morgan fingerprint density at radius 2 is 2.10 bits per heavy atom. The molecule has 21 heavy (non-hydrogen) atoms. The normalized spacial score (nSPS) is 20.9. The fourth-order valence-corrected chi connectivity index (χ4v) is 2.97. The second-order valence-electron chi connectivity index (χ2n) is 5.60. The van der Waals surface area contributed by atoms with Gasteiger partial charge in [0.2, 0.25) is 5.95 Å². The number of hydrogen-bond acceptors (Lipinski definition) is 6. The van der Waals surface area contributed by atoms with E-state index in [1.165, 1.54) is 0 Å². The molecule has 0 bridgehead atoms. The third kappa shape index (κ3) is 2.11. The summed E-state index contributed by atoms with van der Waals surface area (Å²) in [5.41, 5.74) is 0.501. The van der Waals surface area contributed by atoms with E-state index >= 15 is 0 Å². The van der Waals surface area contributed by atoms with Gasteiger partial charge in [0.25, 0.3) is 5.56 Å². The number of anilines is 1. The fourth-order valence-electron chi connectivity index (χ4n) is 2.97. The lowest BCUT2D eigenvalue weighted by Crippen LogP contribution is -2.62. The lowest BCUT2D eigenvalue weighted by molar-refractivity contribution is 0.0103. The predicted octanol–water partition coefficient (Wildman–Crippen LogP) is -0.823. The van der Waals surface area contributed by atoms with Gasteiger partial charge < -0.3 is 9.64 Å². The Labute approximate surface area is 121 Å². The zero-order valence-electron chi connectivity index (χ0n) is 11.9. The minimum absolute atomic E-state index is 0.127. The standard InChI is InChI=1S/C13H18N6O2/c1-17-11-10(6-14-17)12(20)16-13(15-11)19-7-9(8-19)18-2-4-21-5-3-18/h6,9H,2-5,7-8H2,1H3,(H,15,16,20). The number of rotatable bonds is 2. The number of aromatic amines is 1. The number of hydrogen-bond donors (Lipinski definition) is 1. The predicted molar refractivity (Wildman–Crippen MR) is 77.5 cm³/mol. The maximum absolute atomic E-state index is 12.0. The van der Waals surface area contributed by atoms with E-state index in [1.54, 1.807) is 17.9 Å². The number of morpholine rings is 1. The molecule has 0 aliphatic carbocycles. The van der Waals surface area contributed by atoms with Gasteiger partial charge in [-0.15, -0.1) is 0 Å². The molecular formula is C13H18N6O2. The van der Waals surface area contributed by atoms with E-state index in [9.17, 15) is 4.79 Å². The van der Waals surface area contributed by atoms with Gasteiger partial charge in [-0.3, -0.25) is 19.4 Å². The Morgan fingerprint density at radius 1 is 1.33 bits per heavy atom. The molecule has 0 saturated carbocycles. The maximum atomic E-state index is 12.0. The molecule has 1 N–H and O–H groups in total. The molecular weight excluding hydrogens is 272 g/mol. The summed E-state index contributed by atoms with van der Waals surface area (Å²) in [6.45, 7) is 5.39. The number of nitrogens with one attached hydrogen (secondary N) is 1. The molecule has 8 nitrogen and oxygen atoms in total. The van der Waals surface area contributed by atoms with Crippen LogP contribution in [0, 0.1) is 0 Å². The van der Waals surface area contributed by atoms with Crippen molar-refractivity contribution in [2.75, 3.05) is 44.3 Å². The van der Waals surface area contributed by atoms with Crippen LogP contribution in [-0.4, -0.2) is 70.1 Å². The minimum atomic E-state index is -0.127. The first-order chi connectivity index (χ1) is 10.2. The molecule has 0 unspecified atom stereocenters. The highest BCUT2D eigenvalue weighted by molar-refractivity contribution is 5.74. The van der Waals surface area contributed by atoms with Crippen LogP contribution in [0.1, 0.15) is 0 Å². The van der Waals surface area contributed by atoms with Crippen molar-refractivity contribution in [3.8, 4) is 0 Å². The summed E-state index contributed by atoms with van der Waals surface area (Å²) in [6.07, 6.45) is 1.55. The van der Waals surface area contributed by atoms with Gasteiger partial charge in [0, 0.05) is 39.3 Å². The van der Waals surface area contributed by atoms with Crippen LogP contribution < -0.4 is 10.5 Å². The van der Waals surface area contributed by atoms with E-state index in [0.717, 1.165) is 39.4 Å². The number of nitrogens with zero attached hydrogens (tertiary/aromatic N) is 5. The summed E-state index contributed by atoms with van der Waals surface area (Å²) in [5, 5.41) is 4.62. The maximum Gasteiger partial charge on any atom is 0.263 e. The van der Waals surface area contributed by atoms with Gasteiger partial charge in [-0.2, -0.15) is 10.1 Å². The van der Waals surface area contributed by atoms with E-state index in [4.69, 9.17) is 4.74 Å². The summed E-state index contributed by atoms with van der Waals surface area (Å²) >= 11 is 0. The highest BCUT2D eigenvalue weighted by Gasteiger charge is 2.34. The third-order valence-electron chi connectivity index (χ3n) is 4.31. The molecule has 4 heterocycles. The first-order valence-corrected chi connectivity index (χ1v) is 7.21. The van der Waals surface area contributed by atoms with E-state index in [1.807, 2.05) is 0 Å². The molecule has 2 fully saturated rings. The Bertz CT molecular complexity index is 711. The van der Waals surface area contributed by atoms with Crippen LogP contribution in [0.4, 0.5) is 5.95 Å². The zero-order valence-corrected chi connectivity index (χ0v) is 11.9. The van der Waals surface area contributed by atoms with E-state index in [0.29, 0.717) is 23.0 Å². The summed E-state index contributed by atoms with van der Waals surface area (Å²) in [6, 6.07) is 0.529. The number of ether oxygens (including phenoxy) is 1. The van der Waals surface area contributed by atoms with Gasteiger partial charge in [0.05, 0.1) is 19.4 Å². The zero-order chi connectivity index (χ0) is 14.4. The third-order valence-corrected chi connectivity index (χ3v) is 4.31. The van der Waals surface area contributed by atoms with Crippen molar-refractivity contribution >= 4 is 17.0 Å². The second kappa shape index (κ2) is 4.81. The van der Waals surface area contributed by atoms with Gasteiger partial charge in [-0.1, -0.05) is 0 Å². The molecule has 0 aromatic carbocycles. The molecule has 4 rings (SSSR count). The van der Waals surface area contributed by atoms with Crippen molar-refractivity contribution in [3.05, 3.63) is 16.6 Å². The van der Waals surface area contributed by atoms with Gasteiger partial charge in [-0.05, 0) is 0 Å². The largest absolute Gasteiger partial charge is 0.379 e. The van der Waals surface area contributed by atoms with Crippen LogP contribution in [0.2, 0.25) is 0 Å². The van der Waals surface area contributed by atoms with Gasteiger partial charge in [0.15, 0.2) is 5.65 Å². The summed E-state index contributed by atoms with van der Waals surface area (Å²) < 4.78 is 7.01. The highest BCUT2D eigenvalue weighted by Crippen LogP contribution is 2.21. The Balaban J connectivity index is 1.53. The molecule has 0 radical (unpaired) electrons. The number of aryl methyl sites for hydroxylation is 1. The van der Waals surface area contributed by atoms with Crippen LogP contribution in [0.5, 0.6) is 0 Å². The fraction of sp³-hybridized carbons (Fsp3) is 0.615. The summed E-state index contributed by atoms with van der Waals surface area (Å²) in [4.78, 5) is 24.0. The lowest BCUT2D eigenvalue weighted by atomic mass is 10.1. The highest BCUT2D eigenvalue weighted by atomic mass is 16.5. The van der Waals surface area contributed by atoms with Crippen molar-refractivity contribution in [3.63, 3.8) is 0 Å². The second-order valence-corrected chi connectivity index (χ2v) is 5.60. The number of H-pyrrole nitrogens is 1. The molecule has 2 aliphatic rings. The Hall–Kier alpha value is -1.93. The van der Waals surface area contributed by atoms with Crippen molar-refractivity contribution in [1.29, 1.82) is 0 Å². The monoisotopic (exact) mass is 290 g/mol. The van der Waals surface area contributed by atoms with E-state index < -0.39 is 0 Å². The molecule has 2 aromatic heterocycles. The molecule has 2 aromatic rings. The topological polar surface area (TPSA) is 79.3 Å². The Kier molecular flexibility index (Phi) is 2.93. The van der Waals surface area contributed by atoms with Crippen molar-refractivity contribution in [1.82, 2.24) is 24.6 Å². The van der Waals surface area contributed by atoms with Crippen molar-refractivity contribution in [2.45, 2.75) is 6.04 Å². The van der Waals surface area contributed by atoms with Crippen LogP contribution in [-0.2, 0) is 11.8 Å². The quantitative estimate of drug-likeness (QED) is 0.778. The van der Waals surface area contributed by atoms with Gasteiger partial charge >= 0.3 is 0 Å². The first kappa shape index (κ1) is 12.8. The molecule has 8 heteroatoms. The van der Waals surface area contributed by atoms with Crippen LogP contribution in [0.15, 0.2) is 11.0 Å². The average molecular weight is 290 g/mol. The van der Waals surface area contributed by atoms with E-state index in [2.05, 4.69) is 24.9 Å². The summed E-state index contributed by atoms with van der Waals surface area (Å²) in [7, 11) is 1.80. The smallest absolute Gasteiger partial charge is 0.263 e. The molecule has 2 aliphatic heterocycles. The van der Waals surface area contributed by atoms with Gasteiger partial charge in [0.1, 0.15) is 5.39 Å². The Morgan fingerprint density at radius 3 is 2.86 bits per heavy atom. The number of aromatic nitrogens is 4. The SMILES string of the molecule is Cn1ncc2c(=O)[nH]c(N3CC(N4CCOCC4)C3)nc21. The summed E-state index contributed by atoms with van der Waals surface area (Å²) in [5.74, 6) is 0.639. The molecule has 0 atom stereocenters. The first-order valence-electron chi connectivity index (χ1n) is 7.21. The van der Waals surface area contributed by atoms with Crippen molar-refractivity contribution < 1.29 is 4.74 Å². The van der Waals surface area contributed by atoms with Crippen molar-refractivity contribution in [2.24, 2.45) is 7.05 Å². The van der Waals surface area contributed by atoms with Gasteiger partial charge in [-0.25, -0.2) is 0 Å². The van der Waals surface area contributed by atoms with Crippen LogP contribution in [0.3, 0.4) is 0 Å².